The summed E-state index contributed by atoms with van der Waals surface area (Å²) in [5.41, 5.74) is 0. The molecule has 0 aromatic rings. The molecule has 19 heavy (non-hydrogen) atoms. The third-order valence-corrected chi connectivity index (χ3v) is 5.19. The maximum atomic E-state index is 11.8. The van der Waals surface area contributed by atoms with Crippen molar-refractivity contribution in [3.63, 3.8) is 0 Å². The first-order valence-corrected chi connectivity index (χ1v) is 9.22. The molecular formula is C14H32N2O2S. The second-order valence-corrected chi connectivity index (χ2v) is 7.47. The van der Waals surface area contributed by atoms with Gasteiger partial charge in [-0.15, -0.1) is 0 Å². The van der Waals surface area contributed by atoms with E-state index in [9.17, 15) is 8.42 Å². The first-order chi connectivity index (χ1) is 9.04. The summed E-state index contributed by atoms with van der Waals surface area (Å²) in [5, 5.41) is 2.52. The lowest BCUT2D eigenvalue weighted by Crippen LogP contribution is -2.38. The van der Waals surface area contributed by atoms with Crippen molar-refractivity contribution < 1.29 is 8.42 Å². The SMILES string of the molecule is CCCCCCCCCCNS(=O)(=O)C(C)CNC. The van der Waals surface area contributed by atoms with Gasteiger partial charge in [-0.25, -0.2) is 13.1 Å². The molecule has 0 spiro atoms. The fourth-order valence-electron chi connectivity index (χ4n) is 2.01. The Kier molecular flexibility index (Phi) is 11.6. The van der Waals surface area contributed by atoms with Crippen LogP contribution in [0.5, 0.6) is 0 Å². The topological polar surface area (TPSA) is 58.2 Å². The fourth-order valence-corrected chi connectivity index (χ4v) is 3.11. The zero-order valence-corrected chi connectivity index (χ0v) is 13.7. The van der Waals surface area contributed by atoms with Crippen molar-refractivity contribution in [2.75, 3.05) is 20.1 Å². The van der Waals surface area contributed by atoms with Crippen LogP contribution in [-0.4, -0.2) is 33.8 Å². The summed E-state index contributed by atoms with van der Waals surface area (Å²) < 4.78 is 26.2. The van der Waals surface area contributed by atoms with E-state index in [0.717, 1.165) is 12.8 Å². The third kappa shape index (κ3) is 10.3. The van der Waals surface area contributed by atoms with Gasteiger partial charge in [-0.05, 0) is 20.4 Å². The van der Waals surface area contributed by atoms with Gasteiger partial charge in [-0.2, -0.15) is 0 Å². The lowest BCUT2D eigenvalue weighted by atomic mass is 10.1. The Morgan fingerprint density at radius 1 is 0.947 bits per heavy atom. The van der Waals surface area contributed by atoms with Crippen LogP contribution in [0.1, 0.15) is 65.2 Å². The molecule has 0 rings (SSSR count). The molecule has 0 saturated heterocycles. The maximum absolute atomic E-state index is 11.8. The molecule has 0 fully saturated rings. The predicted molar refractivity (Wildman–Crippen MR) is 82.9 cm³/mol. The van der Waals surface area contributed by atoms with E-state index < -0.39 is 10.0 Å². The highest BCUT2D eigenvalue weighted by Gasteiger charge is 2.18. The molecule has 1 unspecified atom stereocenters. The van der Waals surface area contributed by atoms with Crippen LogP contribution in [0.3, 0.4) is 0 Å². The first kappa shape index (κ1) is 18.9. The first-order valence-electron chi connectivity index (χ1n) is 7.67. The van der Waals surface area contributed by atoms with Crippen LogP contribution in [0.2, 0.25) is 0 Å². The van der Waals surface area contributed by atoms with E-state index in [1.165, 1.54) is 38.5 Å². The van der Waals surface area contributed by atoms with E-state index in [0.29, 0.717) is 13.1 Å². The Labute approximate surface area is 119 Å². The van der Waals surface area contributed by atoms with Crippen LogP contribution in [-0.2, 0) is 10.0 Å². The van der Waals surface area contributed by atoms with E-state index in [-0.39, 0.29) is 5.25 Å². The van der Waals surface area contributed by atoms with Crippen LogP contribution in [0.4, 0.5) is 0 Å². The second kappa shape index (κ2) is 11.7. The smallest absolute Gasteiger partial charge is 0.215 e. The average molecular weight is 292 g/mol. The molecule has 5 heteroatoms. The van der Waals surface area contributed by atoms with Crippen molar-refractivity contribution in [2.24, 2.45) is 0 Å². The van der Waals surface area contributed by atoms with Gasteiger partial charge in [0.15, 0.2) is 0 Å². The minimum Gasteiger partial charge on any atom is -0.318 e. The Morgan fingerprint density at radius 3 is 2.00 bits per heavy atom. The van der Waals surface area contributed by atoms with Gasteiger partial charge in [0.1, 0.15) is 0 Å². The van der Waals surface area contributed by atoms with Crippen LogP contribution in [0.25, 0.3) is 0 Å². The zero-order valence-electron chi connectivity index (χ0n) is 12.9. The molecule has 0 bridgehead atoms. The molecule has 4 nitrogen and oxygen atoms in total. The van der Waals surface area contributed by atoms with Gasteiger partial charge in [0.05, 0.1) is 5.25 Å². The Hall–Kier alpha value is -0.130. The van der Waals surface area contributed by atoms with Crippen molar-refractivity contribution in [1.82, 2.24) is 10.0 Å². The van der Waals surface area contributed by atoms with E-state index in [1.807, 2.05) is 0 Å². The van der Waals surface area contributed by atoms with Crippen LogP contribution < -0.4 is 10.0 Å². The van der Waals surface area contributed by atoms with Gasteiger partial charge in [-0.1, -0.05) is 51.9 Å². The summed E-state index contributed by atoms with van der Waals surface area (Å²) in [6.07, 6.45) is 9.84. The Balaban J connectivity index is 3.48. The van der Waals surface area contributed by atoms with Gasteiger partial charge in [0.25, 0.3) is 0 Å². The molecule has 0 aliphatic carbocycles. The molecule has 0 heterocycles. The highest BCUT2D eigenvalue weighted by Crippen LogP contribution is 2.08. The zero-order chi connectivity index (χ0) is 14.6. The quantitative estimate of drug-likeness (QED) is 0.513. The normalized spacial score (nSPS) is 13.6. The van der Waals surface area contributed by atoms with Gasteiger partial charge in [0.2, 0.25) is 10.0 Å². The maximum Gasteiger partial charge on any atom is 0.215 e. The van der Waals surface area contributed by atoms with E-state index in [1.54, 1.807) is 14.0 Å². The summed E-state index contributed by atoms with van der Waals surface area (Å²) in [7, 11) is -1.37. The third-order valence-electron chi connectivity index (χ3n) is 3.35. The average Bonchev–Trinajstić information content (AvgIpc) is 2.37. The molecule has 0 saturated carbocycles. The molecule has 0 radical (unpaired) electrons. The number of hydrogen-bond donors (Lipinski definition) is 2. The number of unbranched alkanes of at least 4 members (excludes halogenated alkanes) is 7. The van der Waals surface area contributed by atoms with Crippen molar-refractivity contribution in [2.45, 2.75) is 70.5 Å². The number of nitrogens with one attached hydrogen (secondary N) is 2. The minimum absolute atomic E-state index is 0.369. The van der Waals surface area contributed by atoms with E-state index in [4.69, 9.17) is 0 Å². The van der Waals surface area contributed by atoms with Crippen molar-refractivity contribution >= 4 is 10.0 Å². The molecule has 1 atom stereocenters. The Bertz CT molecular complexity index is 292. The van der Waals surface area contributed by atoms with E-state index in [2.05, 4.69) is 17.0 Å². The molecule has 0 aromatic heterocycles. The Morgan fingerprint density at radius 2 is 1.47 bits per heavy atom. The molecular weight excluding hydrogens is 260 g/mol. The summed E-state index contributed by atoms with van der Waals surface area (Å²) in [6.45, 7) is 5.02. The summed E-state index contributed by atoms with van der Waals surface area (Å²) >= 11 is 0. The predicted octanol–water partition coefficient (Wildman–Crippen LogP) is 2.65. The lowest BCUT2D eigenvalue weighted by Gasteiger charge is -2.13. The summed E-state index contributed by atoms with van der Waals surface area (Å²) in [5.74, 6) is 0. The molecule has 0 amide bonds. The lowest BCUT2D eigenvalue weighted by molar-refractivity contribution is 0.549. The minimum atomic E-state index is -3.14. The van der Waals surface area contributed by atoms with E-state index >= 15 is 0 Å². The highest BCUT2D eigenvalue weighted by molar-refractivity contribution is 7.90. The second-order valence-electron chi connectivity index (χ2n) is 5.28. The fraction of sp³-hybridized carbons (Fsp3) is 1.00. The molecule has 2 N–H and O–H groups in total. The monoisotopic (exact) mass is 292 g/mol. The molecule has 0 aromatic carbocycles. The number of rotatable bonds is 13. The largest absolute Gasteiger partial charge is 0.318 e. The standard InChI is InChI=1S/C14H32N2O2S/c1-4-5-6-7-8-9-10-11-12-16-19(17,18)14(2)13-15-3/h14-16H,4-13H2,1-3H3. The van der Waals surface area contributed by atoms with Crippen LogP contribution in [0.15, 0.2) is 0 Å². The molecule has 0 aliphatic heterocycles. The van der Waals surface area contributed by atoms with Crippen LogP contribution >= 0.6 is 0 Å². The van der Waals surface area contributed by atoms with Gasteiger partial charge >= 0.3 is 0 Å². The molecule has 0 aliphatic rings. The molecule has 116 valence electrons. The number of sulfonamides is 1. The van der Waals surface area contributed by atoms with Crippen molar-refractivity contribution in [3.05, 3.63) is 0 Å². The van der Waals surface area contributed by atoms with Crippen molar-refractivity contribution in [1.29, 1.82) is 0 Å². The van der Waals surface area contributed by atoms with Crippen LogP contribution in [0, 0.1) is 0 Å². The van der Waals surface area contributed by atoms with Gasteiger partial charge in [0, 0.05) is 13.1 Å². The number of hydrogen-bond acceptors (Lipinski definition) is 3. The van der Waals surface area contributed by atoms with Gasteiger partial charge < -0.3 is 5.32 Å². The highest BCUT2D eigenvalue weighted by atomic mass is 32.2. The van der Waals surface area contributed by atoms with Gasteiger partial charge in [-0.3, -0.25) is 0 Å². The van der Waals surface area contributed by atoms with Crippen molar-refractivity contribution in [3.8, 4) is 0 Å². The summed E-state index contributed by atoms with van der Waals surface area (Å²) in [6, 6.07) is 0. The summed E-state index contributed by atoms with van der Waals surface area (Å²) in [4.78, 5) is 0.